The summed E-state index contributed by atoms with van der Waals surface area (Å²) >= 11 is 0. The van der Waals surface area contributed by atoms with E-state index in [4.69, 9.17) is 0 Å². The van der Waals surface area contributed by atoms with Crippen molar-refractivity contribution in [1.82, 2.24) is 9.13 Å². The maximum atomic E-state index is 2.44. The van der Waals surface area contributed by atoms with Gasteiger partial charge in [-0.05, 0) is 144 Å². The van der Waals surface area contributed by atoms with E-state index in [0.717, 1.165) is 5.69 Å². The fraction of sp³-hybridized carbons (Fsp3) is 0.0127. The van der Waals surface area contributed by atoms with Gasteiger partial charge in [0.05, 0.1) is 33.2 Å². The second-order valence-electron chi connectivity index (χ2n) is 21.5. The van der Waals surface area contributed by atoms with Gasteiger partial charge < -0.3 is 9.13 Å². The Morgan fingerprint density at radius 2 is 0.605 bits per heavy atom. The first kappa shape index (κ1) is 46.5. The predicted octanol–water partition coefficient (Wildman–Crippen LogP) is 20.6. The molecule has 1 aliphatic carbocycles. The van der Waals surface area contributed by atoms with Crippen molar-refractivity contribution in [1.29, 1.82) is 0 Å². The summed E-state index contributed by atoms with van der Waals surface area (Å²) in [6.45, 7) is 0. The van der Waals surface area contributed by atoms with E-state index >= 15 is 0 Å². The van der Waals surface area contributed by atoms with Crippen molar-refractivity contribution in [3.63, 3.8) is 0 Å². The van der Waals surface area contributed by atoms with Gasteiger partial charge in [0.15, 0.2) is 0 Å². The van der Waals surface area contributed by atoms with Crippen LogP contribution in [0, 0.1) is 0 Å². The molecule has 0 amide bonds. The molecule has 2 aromatic heterocycles. The van der Waals surface area contributed by atoms with Crippen molar-refractivity contribution in [2.75, 3.05) is 0 Å². The van der Waals surface area contributed by atoms with Gasteiger partial charge in [0.1, 0.15) is 0 Å². The number of nitrogens with zero attached hydrogens (tertiary/aromatic N) is 2. The Hall–Kier alpha value is -10.5. The second kappa shape index (κ2) is 18.8. The number of rotatable bonds is 9. The van der Waals surface area contributed by atoms with Gasteiger partial charge in [-0.2, -0.15) is 0 Å². The zero-order valence-electron chi connectivity index (χ0n) is 44.4. The van der Waals surface area contributed by atoms with Crippen molar-refractivity contribution in [3.05, 3.63) is 338 Å². The molecule has 0 saturated heterocycles. The highest BCUT2D eigenvalue weighted by molar-refractivity contribution is 6.13. The number of hydrogen-bond donors (Lipinski definition) is 0. The third-order valence-corrected chi connectivity index (χ3v) is 17.3. The van der Waals surface area contributed by atoms with E-state index in [0.29, 0.717) is 0 Å². The van der Waals surface area contributed by atoms with Gasteiger partial charge in [0.25, 0.3) is 0 Å². The molecule has 15 aromatic rings. The molecule has 0 fully saturated rings. The SMILES string of the molecule is c1ccc(-c2ccc(C3(c4cccc(-c5ccc(-c6ccc(-n7c8ccccc8c8cc(-c9ccc%10c(c9)c9ccccc9n%10-c9ccccc9-c9ccccc9)ccc87)cc6)cc5)c4)c4ccccc4-c4ccccc43)cc2)cc1. The summed E-state index contributed by atoms with van der Waals surface area (Å²) < 4.78 is 4.85. The van der Waals surface area contributed by atoms with Crippen LogP contribution in [0.5, 0.6) is 0 Å². The van der Waals surface area contributed by atoms with Crippen LogP contribution in [-0.2, 0) is 5.41 Å². The molecule has 0 bridgehead atoms. The Labute approximate surface area is 471 Å². The smallest absolute Gasteiger partial charge is 0.0713 e. The van der Waals surface area contributed by atoms with Crippen molar-refractivity contribution in [3.8, 4) is 78.1 Å². The molecule has 13 aromatic carbocycles. The van der Waals surface area contributed by atoms with Crippen LogP contribution in [0.15, 0.2) is 315 Å². The summed E-state index contributed by atoms with van der Waals surface area (Å²) in [5.74, 6) is 0. The van der Waals surface area contributed by atoms with Crippen molar-refractivity contribution >= 4 is 43.6 Å². The fourth-order valence-corrected chi connectivity index (χ4v) is 13.5. The Bertz CT molecular complexity index is 4840. The maximum absolute atomic E-state index is 2.44. The first-order chi connectivity index (χ1) is 40.2. The average Bonchev–Trinajstić information content (AvgIpc) is 4.37. The van der Waals surface area contributed by atoms with E-state index in [9.17, 15) is 0 Å². The first-order valence-electron chi connectivity index (χ1n) is 28.1. The highest BCUT2D eigenvalue weighted by atomic mass is 15.0. The second-order valence-corrected chi connectivity index (χ2v) is 21.5. The summed E-state index contributed by atoms with van der Waals surface area (Å²) in [6.07, 6.45) is 0. The predicted molar refractivity (Wildman–Crippen MR) is 340 cm³/mol. The van der Waals surface area contributed by atoms with E-state index < -0.39 is 5.41 Å². The molecule has 0 aliphatic heterocycles. The highest BCUT2D eigenvalue weighted by Gasteiger charge is 2.46. The van der Waals surface area contributed by atoms with Gasteiger partial charge in [-0.15, -0.1) is 0 Å². The van der Waals surface area contributed by atoms with Gasteiger partial charge in [0.2, 0.25) is 0 Å². The third kappa shape index (κ3) is 7.42. The first-order valence-corrected chi connectivity index (χ1v) is 28.1. The molecular weight excluding hydrogens is 977 g/mol. The van der Waals surface area contributed by atoms with Crippen LogP contribution >= 0.6 is 0 Å². The summed E-state index contributed by atoms with van der Waals surface area (Å²) in [4.78, 5) is 0. The topological polar surface area (TPSA) is 9.86 Å². The lowest BCUT2D eigenvalue weighted by atomic mass is 9.67. The molecule has 0 N–H and O–H groups in total. The normalized spacial score (nSPS) is 12.5. The van der Waals surface area contributed by atoms with Crippen LogP contribution in [0.25, 0.3) is 122 Å². The molecule has 81 heavy (non-hydrogen) atoms. The van der Waals surface area contributed by atoms with E-state index in [1.54, 1.807) is 0 Å². The van der Waals surface area contributed by atoms with Gasteiger partial charge >= 0.3 is 0 Å². The fourth-order valence-electron chi connectivity index (χ4n) is 13.5. The minimum atomic E-state index is -0.491. The van der Waals surface area contributed by atoms with Crippen LogP contribution in [0.3, 0.4) is 0 Å². The summed E-state index contributed by atoms with van der Waals surface area (Å²) in [7, 11) is 0. The van der Waals surface area contributed by atoms with E-state index in [1.165, 1.54) is 138 Å². The molecule has 2 heteroatoms. The summed E-state index contributed by atoms with van der Waals surface area (Å²) in [6, 6.07) is 116. The monoisotopic (exact) mass is 1030 g/mol. The van der Waals surface area contributed by atoms with Gasteiger partial charge in [0, 0.05) is 32.8 Å². The number of para-hydroxylation sites is 3. The molecule has 2 nitrogen and oxygen atoms in total. The molecule has 1 aliphatic rings. The van der Waals surface area contributed by atoms with E-state index in [-0.39, 0.29) is 0 Å². The van der Waals surface area contributed by atoms with Crippen LogP contribution < -0.4 is 0 Å². The Balaban J connectivity index is 0.723. The quantitative estimate of drug-likeness (QED) is 0.136. The minimum Gasteiger partial charge on any atom is -0.309 e. The third-order valence-electron chi connectivity index (χ3n) is 17.3. The average molecular weight is 1030 g/mol. The molecule has 378 valence electrons. The van der Waals surface area contributed by atoms with Crippen molar-refractivity contribution in [2.45, 2.75) is 5.41 Å². The summed E-state index contributed by atoms with van der Waals surface area (Å²) in [5.41, 5.74) is 26.3. The van der Waals surface area contributed by atoms with Crippen LogP contribution in [0.2, 0.25) is 0 Å². The maximum Gasteiger partial charge on any atom is 0.0713 e. The molecule has 0 saturated carbocycles. The molecule has 0 unspecified atom stereocenters. The Kier molecular flexibility index (Phi) is 10.8. The standard InChI is InChI=1S/C79H52N2/c1-3-18-53(19-4-1)55-38-44-62(45-39-55)79(72-29-12-7-25-66(72)67-26-8-13-30-73(67)79)63-23-17-22-59(50-63)57-36-34-54(35-37-57)56-40-46-64(47-41-56)80-75-32-15-10-27-68(75)70-51-60(42-48-77(70)80)61-43-49-78-71(52-61)69-28-11-16-33-76(69)81(78)74-31-14-9-24-65(74)58-20-5-2-6-21-58/h1-52H. The molecule has 0 radical (unpaired) electrons. The molecule has 0 spiro atoms. The zero-order chi connectivity index (χ0) is 53.4. The highest BCUT2D eigenvalue weighted by Crippen LogP contribution is 2.56. The lowest BCUT2D eigenvalue weighted by Crippen LogP contribution is -2.28. The molecule has 0 atom stereocenters. The van der Waals surface area contributed by atoms with E-state index in [1.807, 2.05) is 0 Å². The molecular formula is C79H52N2. The number of aromatic nitrogens is 2. The lowest BCUT2D eigenvalue weighted by Gasteiger charge is -2.34. The molecule has 2 heterocycles. The van der Waals surface area contributed by atoms with Crippen molar-refractivity contribution in [2.24, 2.45) is 0 Å². The van der Waals surface area contributed by atoms with Gasteiger partial charge in [-0.3, -0.25) is 0 Å². The Morgan fingerprint density at radius 3 is 1.21 bits per heavy atom. The van der Waals surface area contributed by atoms with E-state index in [2.05, 4.69) is 325 Å². The summed E-state index contributed by atoms with van der Waals surface area (Å²) in [5, 5.41) is 4.96. The zero-order valence-corrected chi connectivity index (χ0v) is 44.4. The Morgan fingerprint density at radius 1 is 0.210 bits per heavy atom. The molecule has 16 rings (SSSR count). The number of hydrogen-bond acceptors (Lipinski definition) is 0. The number of fused-ring (bicyclic) bond motifs is 9. The van der Waals surface area contributed by atoms with Gasteiger partial charge in [-0.25, -0.2) is 0 Å². The minimum absolute atomic E-state index is 0.491. The van der Waals surface area contributed by atoms with Crippen LogP contribution in [0.1, 0.15) is 22.3 Å². The number of benzene rings is 13. The van der Waals surface area contributed by atoms with Crippen LogP contribution in [0.4, 0.5) is 0 Å². The lowest BCUT2D eigenvalue weighted by molar-refractivity contribution is 0.769. The van der Waals surface area contributed by atoms with Gasteiger partial charge in [-0.1, -0.05) is 255 Å². The van der Waals surface area contributed by atoms with Crippen molar-refractivity contribution < 1.29 is 0 Å². The van der Waals surface area contributed by atoms with Crippen LogP contribution in [-0.4, -0.2) is 9.13 Å². The largest absolute Gasteiger partial charge is 0.309 e.